The molecule has 0 saturated carbocycles. The Bertz CT molecular complexity index is 516. The molecule has 0 amide bonds. The monoisotopic (exact) mass is 308 g/mol. The van der Waals surface area contributed by atoms with Crippen molar-refractivity contribution in [3.8, 4) is 0 Å². The highest BCUT2D eigenvalue weighted by molar-refractivity contribution is 9.09. The molecular formula is C15H21BrN2. The molecule has 1 unspecified atom stereocenters. The lowest BCUT2D eigenvalue weighted by Gasteiger charge is -2.16. The van der Waals surface area contributed by atoms with Gasteiger partial charge in [-0.25, -0.2) is 0 Å². The fraction of sp³-hybridized carbons (Fsp3) is 0.533. The van der Waals surface area contributed by atoms with Crippen molar-refractivity contribution < 1.29 is 0 Å². The van der Waals surface area contributed by atoms with Crippen molar-refractivity contribution in [2.75, 3.05) is 5.33 Å². The van der Waals surface area contributed by atoms with Gasteiger partial charge in [-0.2, -0.15) is 5.10 Å². The topological polar surface area (TPSA) is 17.8 Å². The van der Waals surface area contributed by atoms with Crippen molar-refractivity contribution in [3.05, 3.63) is 30.0 Å². The number of benzene rings is 1. The molecule has 18 heavy (non-hydrogen) atoms. The summed E-state index contributed by atoms with van der Waals surface area (Å²) >= 11 is 3.63. The lowest BCUT2D eigenvalue weighted by atomic mass is 9.92. The third-order valence-electron chi connectivity index (χ3n) is 3.63. The molecule has 2 nitrogen and oxygen atoms in total. The van der Waals surface area contributed by atoms with Gasteiger partial charge >= 0.3 is 0 Å². The summed E-state index contributed by atoms with van der Waals surface area (Å²) in [6.45, 7) is 7.64. The zero-order valence-electron chi connectivity index (χ0n) is 11.4. The van der Waals surface area contributed by atoms with E-state index in [1.807, 2.05) is 0 Å². The summed E-state index contributed by atoms with van der Waals surface area (Å²) in [5.74, 6) is 1.32. The van der Waals surface area contributed by atoms with Gasteiger partial charge < -0.3 is 0 Å². The Balaban J connectivity index is 2.39. The maximum atomic E-state index is 4.77. The van der Waals surface area contributed by atoms with Crippen LogP contribution in [0.15, 0.2) is 24.3 Å². The van der Waals surface area contributed by atoms with Crippen LogP contribution in [0.25, 0.3) is 10.9 Å². The van der Waals surface area contributed by atoms with Crippen LogP contribution in [0.4, 0.5) is 0 Å². The van der Waals surface area contributed by atoms with Crippen LogP contribution in [0.2, 0.25) is 0 Å². The lowest BCUT2D eigenvalue weighted by Crippen LogP contribution is -2.14. The molecule has 1 heterocycles. The van der Waals surface area contributed by atoms with E-state index >= 15 is 0 Å². The van der Waals surface area contributed by atoms with E-state index in [-0.39, 0.29) is 0 Å². The molecular weight excluding hydrogens is 288 g/mol. The van der Waals surface area contributed by atoms with Gasteiger partial charge in [0.05, 0.1) is 11.2 Å². The van der Waals surface area contributed by atoms with E-state index < -0.39 is 0 Å². The molecule has 0 spiro atoms. The lowest BCUT2D eigenvalue weighted by molar-refractivity contribution is 0.422. The van der Waals surface area contributed by atoms with E-state index in [4.69, 9.17) is 5.10 Å². The average molecular weight is 309 g/mol. The van der Waals surface area contributed by atoms with E-state index in [2.05, 4.69) is 65.6 Å². The molecule has 0 radical (unpaired) electrons. The number of aryl methyl sites for hydroxylation is 1. The van der Waals surface area contributed by atoms with Crippen molar-refractivity contribution in [1.29, 1.82) is 0 Å². The number of alkyl halides is 1. The molecule has 0 saturated heterocycles. The van der Waals surface area contributed by atoms with Gasteiger partial charge in [-0.15, -0.1) is 0 Å². The number of aromatic nitrogens is 2. The highest BCUT2D eigenvalue weighted by Crippen LogP contribution is 2.24. The Kier molecular flexibility index (Phi) is 4.44. The average Bonchev–Trinajstić information content (AvgIpc) is 2.74. The predicted molar refractivity (Wildman–Crippen MR) is 81.2 cm³/mol. The second-order valence-corrected chi connectivity index (χ2v) is 5.79. The third-order valence-corrected chi connectivity index (χ3v) is 4.46. The summed E-state index contributed by atoms with van der Waals surface area (Å²) in [6.07, 6.45) is 1.05. The van der Waals surface area contributed by atoms with Crippen molar-refractivity contribution in [2.24, 2.45) is 11.8 Å². The number of fused-ring (bicyclic) bond motifs is 1. The van der Waals surface area contributed by atoms with Gasteiger partial charge in [0.15, 0.2) is 0 Å². The molecule has 0 aliphatic heterocycles. The smallest absolute Gasteiger partial charge is 0.0706 e. The molecule has 0 fully saturated rings. The highest BCUT2D eigenvalue weighted by Gasteiger charge is 2.17. The number of halogens is 1. The van der Waals surface area contributed by atoms with Crippen molar-refractivity contribution in [1.82, 2.24) is 9.78 Å². The van der Waals surface area contributed by atoms with Gasteiger partial charge in [-0.05, 0) is 31.2 Å². The molecule has 98 valence electrons. The first-order chi connectivity index (χ1) is 8.67. The summed E-state index contributed by atoms with van der Waals surface area (Å²) in [5.41, 5.74) is 2.50. The van der Waals surface area contributed by atoms with Crippen LogP contribution in [-0.4, -0.2) is 15.1 Å². The van der Waals surface area contributed by atoms with Crippen molar-refractivity contribution >= 4 is 26.8 Å². The van der Waals surface area contributed by atoms with E-state index in [1.165, 1.54) is 16.6 Å². The molecule has 0 aliphatic carbocycles. The molecule has 0 aliphatic rings. The second kappa shape index (κ2) is 5.87. The largest absolute Gasteiger partial charge is 0.265 e. The Morgan fingerprint density at radius 1 is 1.28 bits per heavy atom. The maximum absolute atomic E-state index is 4.77. The van der Waals surface area contributed by atoms with E-state index in [9.17, 15) is 0 Å². The van der Waals surface area contributed by atoms with Gasteiger partial charge in [-0.1, -0.05) is 48.0 Å². The Morgan fingerprint density at radius 3 is 2.61 bits per heavy atom. The predicted octanol–water partition coefficient (Wildman–Crippen LogP) is 4.27. The first-order valence-electron chi connectivity index (χ1n) is 6.67. The molecule has 2 aromatic rings. The summed E-state index contributed by atoms with van der Waals surface area (Å²) in [7, 11) is 0. The SMILES string of the molecule is CCn1nc(CC(CBr)C(C)C)c2ccccc21. The molecule has 2 rings (SSSR count). The van der Waals surface area contributed by atoms with Gasteiger partial charge in [0.1, 0.15) is 0 Å². The quantitative estimate of drug-likeness (QED) is 0.754. The minimum Gasteiger partial charge on any atom is -0.265 e. The molecule has 1 aromatic heterocycles. The van der Waals surface area contributed by atoms with E-state index in [0.29, 0.717) is 11.8 Å². The third kappa shape index (κ3) is 2.61. The van der Waals surface area contributed by atoms with Crippen molar-refractivity contribution in [2.45, 2.75) is 33.7 Å². The first-order valence-corrected chi connectivity index (χ1v) is 7.79. The Hall–Kier alpha value is -0.830. The Labute approximate surface area is 118 Å². The van der Waals surface area contributed by atoms with E-state index in [1.54, 1.807) is 0 Å². The fourth-order valence-electron chi connectivity index (χ4n) is 2.30. The summed E-state index contributed by atoms with van der Waals surface area (Å²) < 4.78 is 2.11. The fourth-order valence-corrected chi connectivity index (χ4v) is 3.28. The van der Waals surface area contributed by atoms with Crippen LogP contribution < -0.4 is 0 Å². The molecule has 1 aromatic carbocycles. The van der Waals surface area contributed by atoms with Crippen molar-refractivity contribution in [3.63, 3.8) is 0 Å². The van der Waals surface area contributed by atoms with E-state index in [0.717, 1.165) is 18.3 Å². The molecule has 0 bridgehead atoms. The van der Waals surface area contributed by atoms with Gasteiger partial charge in [-0.3, -0.25) is 4.68 Å². The Morgan fingerprint density at radius 2 is 2.00 bits per heavy atom. The first kappa shape index (κ1) is 13.6. The minimum absolute atomic E-state index is 0.647. The van der Waals surface area contributed by atoms with Crippen LogP contribution in [0.5, 0.6) is 0 Å². The molecule has 1 atom stereocenters. The zero-order chi connectivity index (χ0) is 13.1. The number of rotatable bonds is 5. The summed E-state index contributed by atoms with van der Waals surface area (Å²) in [5, 5.41) is 7.12. The summed E-state index contributed by atoms with van der Waals surface area (Å²) in [4.78, 5) is 0. The molecule has 0 N–H and O–H groups in total. The maximum Gasteiger partial charge on any atom is 0.0706 e. The summed E-state index contributed by atoms with van der Waals surface area (Å²) in [6, 6.07) is 8.54. The van der Waals surface area contributed by atoms with Crippen LogP contribution >= 0.6 is 15.9 Å². The minimum atomic E-state index is 0.647. The zero-order valence-corrected chi connectivity index (χ0v) is 12.9. The van der Waals surface area contributed by atoms with Crippen LogP contribution in [0.3, 0.4) is 0 Å². The second-order valence-electron chi connectivity index (χ2n) is 5.14. The number of hydrogen-bond acceptors (Lipinski definition) is 1. The molecule has 3 heteroatoms. The van der Waals surface area contributed by atoms with Gasteiger partial charge in [0.25, 0.3) is 0 Å². The van der Waals surface area contributed by atoms with Gasteiger partial charge in [0, 0.05) is 17.3 Å². The normalized spacial score (nSPS) is 13.4. The van der Waals surface area contributed by atoms with Gasteiger partial charge in [0.2, 0.25) is 0 Å². The highest BCUT2D eigenvalue weighted by atomic mass is 79.9. The van der Waals surface area contributed by atoms with Crippen LogP contribution in [0.1, 0.15) is 26.5 Å². The number of hydrogen-bond donors (Lipinski definition) is 0. The number of para-hydroxylation sites is 1. The standard InChI is InChI=1S/C15H21BrN2/c1-4-18-15-8-6-5-7-13(15)14(17-18)9-12(10-16)11(2)3/h5-8,11-12H,4,9-10H2,1-3H3. The van der Waals surface area contributed by atoms with Crippen LogP contribution in [-0.2, 0) is 13.0 Å². The van der Waals surface area contributed by atoms with Crippen LogP contribution in [0, 0.1) is 11.8 Å². The number of nitrogens with zero attached hydrogens (tertiary/aromatic N) is 2.